The van der Waals surface area contributed by atoms with Crippen LogP contribution in [0.2, 0.25) is 5.02 Å². The molecule has 0 spiro atoms. The van der Waals surface area contributed by atoms with E-state index in [0.717, 1.165) is 5.56 Å². The van der Waals surface area contributed by atoms with E-state index < -0.39 is 15.9 Å². The second-order valence-electron chi connectivity index (χ2n) is 6.20. The number of halogens is 1. The maximum Gasteiger partial charge on any atom is 0.274 e. The van der Waals surface area contributed by atoms with Gasteiger partial charge in [0.05, 0.1) is 5.02 Å². The third-order valence-electron chi connectivity index (χ3n) is 4.21. The van der Waals surface area contributed by atoms with E-state index in [9.17, 15) is 13.2 Å². The third kappa shape index (κ3) is 4.99. The molecular weight excluding hydrogens is 414 g/mol. The molecule has 2 N–H and O–H groups in total. The molecule has 29 heavy (non-hydrogen) atoms. The highest BCUT2D eigenvalue weighted by Gasteiger charge is 2.27. The van der Waals surface area contributed by atoms with Gasteiger partial charge in [0.1, 0.15) is 4.90 Å². The Morgan fingerprint density at radius 1 is 1.00 bits per heavy atom. The molecule has 0 unspecified atom stereocenters. The number of hydroxylamine groups is 1. The van der Waals surface area contributed by atoms with Crippen molar-refractivity contribution in [2.24, 2.45) is 0 Å². The predicted octanol–water partition coefficient (Wildman–Crippen LogP) is 3.25. The van der Waals surface area contributed by atoms with Gasteiger partial charge in [-0.2, -0.15) is 4.31 Å². The van der Waals surface area contributed by atoms with Crippen LogP contribution in [0.15, 0.2) is 78.0 Å². The number of carbonyl (C=O) groups is 1. The van der Waals surface area contributed by atoms with Crippen molar-refractivity contribution in [2.45, 2.75) is 18.0 Å². The van der Waals surface area contributed by atoms with Gasteiger partial charge in [0.25, 0.3) is 5.91 Å². The van der Waals surface area contributed by atoms with E-state index in [0.29, 0.717) is 5.56 Å². The van der Waals surface area contributed by atoms with Crippen LogP contribution >= 0.6 is 11.6 Å². The van der Waals surface area contributed by atoms with Crippen LogP contribution in [0.5, 0.6) is 0 Å². The van der Waals surface area contributed by atoms with Crippen LogP contribution in [0, 0.1) is 0 Å². The number of nitrogens with zero attached hydrogens (tertiary/aromatic N) is 2. The minimum absolute atomic E-state index is 0.0156. The fourth-order valence-electron chi connectivity index (χ4n) is 2.74. The summed E-state index contributed by atoms with van der Waals surface area (Å²) in [6.45, 7) is 0.156. The van der Waals surface area contributed by atoms with Crippen LogP contribution in [-0.4, -0.2) is 28.8 Å². The van der Waals surface area contributed by atoms with Crippen LogP contribution in [-0.2, 0) is 23.1 Å². The molecule has 0 bridgehead atoms. The molecule has 3 rings (SSSR count). The van der Waals surface area contributed by atoms with Gasteiger partial charge in [0.15, 0.2) is 0 Å². The Morgan fingerprint density at radius 3 is 2.31 bits per heavy atom. The molecule has 150 valence electrons. The summed E-state index contributed by atoms with van der Waals surface area (Å²) in [6.07, 6.45) is 3.21. The molecule has 0 aliphatic rings. The summed E-state index contributed by atoms with van der Waals surface area (Å²) in [7, 11) is -3.90. The van der Waals surface area contributed by atoms with Crippen LogP contribution in [0.4, 0.5) is 0 Å². The molecule has 0 saturated heterocycles. The largest absolute Gasteiger partial charge is 0.288 e. The number of pyridine rings is 1. The number of rotatable bonds is 7. The van der Waals surface area contributed by atoms with Crippen LogP contribution in [0.1, 0.15) is 21.5 Å². The van der Waals surface area contributed by atoms with Gasteiger partial charge >= 0.3 is 0 Å². The maximum atomic E-state index is 13.3. The number of benzene rings is 2. The summed E-state index contributed by atoms with van der Waals surface area (Å²) in [6, 6.07) is 16.1. The lowest BCUT2D eigenvalue weighted by Crippen LogP contribution is -2.30. The van der Waals surface area contributed by atoms with Gasteiger partial charge in [-0.3, -0.25) is 15.0 Å². The molecule has 9 heteroatoms. The lowest BCUT2D eigenvalue weighted by molar-refractivity contribution is 0.0706. The van der Waals surface area contributed by atoms with E-state index >= 15 is 0 Å². The number of nitrogens with one attached hydrogen (secondary N) is 1. The Bertz CT molecular complexity index is 1090. The third-order valence-corrected chi connectivity index (χ3v) is 6.50. The molecule has 1 aromatic heterocycles. The molecular formula is C20H18ClN3O4S. The first-order valence-corrected chi connectivity index (χ1v) is 10.4. The van der Waals surface area contributed by atoms with E-state index in [2.05, 4.69) is 4.98 Å². The Labute approximate surface area is 173 Å². The second kappa shape index (κ2) is 9.15. The van der Waals surface area contributed by atoms with E-state index in [1.165, 1.54) is 28.6 Å². The summed E-state index contributed by atoms with van der Waals surface area (Å²) in [5, 5.41) is 8.86. The summed E-state index contributed by atoms with van der Waals surface area (Å²) < 4.78 is 27.9. The number of sulfonamides is 1. The molecule has 0 saturated carbocycles. The Hall–Kier alpha value is -2.78. The van der Waals surface area contributed by atoms with Gasteiger partial charge in [-0.1, -0.05) is 41.9 Å². The van der Waals surface area contributed by atoms with Crippen molar-refractivity contribution in [3.8, 4) is 0 Å². The van der Waals surface area contributed by atoms with Crippen molar-refractivity contribution in [2.75, 3.05) is 0 Å². The average molecular weight is 432 g/mol. The summed E-state index contributed by atoms with van der Waals surface area (Å²) in [5.74, 6) is -0.646. The number of aromatic nitrogens is 1. The van der Waals surface area contributed by atoms with Crippen molar-refractivity contribution in [3.05, 3.63) is 94.8 Å². The maximum absolute atomic E-state index is 13.3. The van der Waals surface area contributed by atoms with E-state index in [1.54, 1.807) is 54.3 Å². The molecule has 0 fully saturated rings. The highest BCUT2D eigenvalue weighted by molar-refractivity contribution is 7.89. The molecule has 0 aliphatic carbocycles. The number of amides is 1. The van der Waals surface area contributed by atoms with Gasteiger partial charge in [-0.15, -0.1) is 0 Å². The molecule has 2 aromatic carbocycles. The summed E-state index contributed by atoms with van der Waals surface area (Å²) in [5.41, 5.74) is 3.20. The van der Waals surface area contributed by atoms with Gasteiger partial charge in [0, 0.05) is 31.0 Å². The van der Waals surface area contributed by atoms with Crippen molar-refractivity contribution >= 4 is 27.5 Å². The molecule has 1 heterocycles. The van der Waals surface area contributed by atoms with Crippen LogP contribution in [0.25, 0.3) is 0 Å². The van der Waals surface area contributed by atoms with Crippen molar-refractivity contribution < 1.29 is 18.4 Å². The van der Waals surface area contributed by atoms with Crippen LogP contribution < -0.4 is 5.48 Å². The topological polar surface area (TPSA) is 99.6 Å². The fraction of sp³-hybridized carbons (Fsp3) is 0.100. The van der Waals surface area contributed by atoms with E-state index in [4.69, 9.17) is 16.8 Å². The first kappa shape index (κ1) is 20.9. The first-order valence-electron chi connectivity index (χ1n) is 8.59. The monoisotopic (exact) mass is 431 g/mol. The molecule has 0 atom stereocenters. The smallest absolute Gasteiger partial charge is 0.274 e. The van der Waals surface area contributed by atoms with E-state index in [-0.39, 0.29) is 28.6 Å². The van der Waals surface area contributed by atoms with Gasteiger partial charge < -0.3 is 0 Å². The molecule has 3 aromatic rings. The van der Waals surface area contributed by atoms with Gasteiger partial charge in [0.2, 0.25) is 10.0 Å². The zero-order valence-electron chi connectivity index (χ0n) is 15.2. The average Bonchev–Trinajstić information content (AvgIpc) is 2.74. The van der Waals surface area contributed by atoms with Crippen molar-refractivity contribution in [1.82, 2.24) is 14.8 Å². The van der Waals surface area contributed by atoms with Crippen molar-refractivity contribution in [1.29, 1.82) is 0 Å². The predicted molar refractivity (Wildman–Crippen MR) is 108 cm³/mol. The molecule has 1 amide bonds. The quantitative estimate of drug-likeness (QED) is 0.442. The Kier molecular flexibility index (Phi) is 6.60. The number of hydrogen-bond acceptors (Lipinski definition) is 5. The molecule has 0 aliphatic heterocycles. The Balaban J connectivity index is 1.95. The summed E-state index contributed by atoms with van der Waals surface area (Å²) >= 11 is 6.14. The zero-order chi connectivity index (χ0) is 20.9. The SMILES string of the molecule is O=C(NO)c1ccc(CN(Cc2cccnc2)S(=O)(=O)c2ccccc2Cl)cc1. The second-order valence-corrected chi connectivity index (χ2v) is 8.52. The summed E-state index contributed by atoms with van der Waals surface area (Å²) in [4.78, 5) is 15.5. The minimum atomic E-state index is -3.90. The van der Waals surface area contributed by atoms with Gasteiger partial charge in [-0.25, -0.2) is 13.9 Å². The first-order chi connectivity index (χ1) is 13.9. The van der Waals surface area contributed by atoms with E-state index in [1.807, 2.05) is 0 Å². The molecule has 7 nitrogen and oxygen atoms in total. The number of carbonyl (C=O) groups excluding carboxylic acids is 1. The number of hydrogen-bond donors (Lipinski definition) is 2. The zero-order valence-corrected chi connectivity index (χ0v) is 16.8. The lowest BCUT2D eigenvalue weighted by Gasteiger charge is -2.23. The highest BCUT2D eigenvalue weighted by atomic mass is 35.5. The molecule has 0 radical (unpaired) electrons. The van der Waals surface area contributed by atoms with Gasteiger partial charge in [-0.05, 0) is 41.5 Å². The highest BCUT2D eigenvalue weighted by Crippen LogP contribution is 2.27. The standard InChI is InChI=1S/C20H18ClN3O4S/c21-18-5-1-2-6-19(18)29(27,28)24(14-16-4-3-11-22-12-16)13-15-7-9-17(10-8-15)20(25)23-26/h1-12,26H,13-14H2,(H,23,25). The fourth-order valence-corrected chi connectivity index (χ4v) is 4.65. The van der Waals surface area contributed by atoms with Crippen LogP contribution in [0.3, 0.4) is 0 Å². The lowest BCUT2D eigenvalue weighted by atomic mass is 10.1. The van der Waals surface area contributed by atoms with Crippen molar-refractivity contribution in [3.63, 3.8) is 0 Å². The Morgan fingerprint density at radius 2 is 1.69 bits per heavy atom. The minimum Gasteiger partial charge on any atom is -0.288 e. The normalized spacial score (nSPS) is 11.4.